The number of likely N-dealkylation sites (N-methyl/N-ethyl adjacent to an activating group) is 1. The van der Waals surface area contributed by atoms with Gasteiger partial charge in [-0.15, -0.1) is 0 Å². The molecule has 1 aromatic carbocycles. The van der Waals surface area contributed by atoms with E-state index in [0.29, 0.717) is 18.9 Å². The van der Waals surface area contributed by atoms with Crippen molar-refractivity contribution < 1.29 is 19.1 Å². The summed E-state index contributed by atoms with van der Waals surface area (Å²) in [5.74, 6) is -0.337. The first kappa shape index (κ1) is 15.2. The van der Waals surface area contributed by atoms with Gasteiger partial charge in [-0.1, -0.05) is 18.2 Å². The van der Waals surface area contributed by atoms with E-state index in [1.165, 1.54) is 0 Å². The molecule has 0 bridgehead atoms. The highest BCUT2D eigenvalue weighted by Crippen LogP contribution is 2.09. The second-order valence-corrected chi connectivity index (χ2v) is 4.31. The van der Waals surface area contributed by atoms with E-state index in [9.17, 15) is 9.59 Å². The highest BCUT2D eigenvalue weighted by atomic mass is 16.5. The summed E-state index contributed by atoms with van der Waals surface area (Å²) in [5.41, 5.74) is 0. The van der Waals surface area contributed by atoms with Crippen molar-refractivity contribution in [2.45, 2.75) is 12.8 Å². The fourth-order valence-corrected chi connectivity index (χ4v) is 1.29. The van der Waals surface area contributed by atoms with Crippen molar-refractivity contribution in [2.24, 2.45) is 0 Å². The number of ether oxygens (including phenoxy) is 2. The maximum Gasteiger partial charge on any atom is 0.311 e. The Morgan fingerprint density at radius 1 is 1.05 bits per heavy atom. The zero-order valence-electron chi connectivity index (χ0n) is 11.3. The van der Waals surface area contributed by atoms with Gasteiger partial charge in [0.15, 0.2) is 0 Å². The molecule has 5 nitrogen and oxygen atoms in total. The fraction of sp³-hybridized carbons (Fsp3) is 0.429. The van der Waals surface area contributed by atoms with Crippen molar-refractivity contribution in [3.63, 3.8) is 0 Å². The maximum absolute atomic E-state index is 11.5. The van der Waals surface area contributed by atoms with Gasteiger partial charge in [0, 0.05) is 6.54 Å². The largest absolute Gasteiger partial charge is 0.464 e. The molecule has 1 aromatic rings. The van der Waals surface area contributed by atoms with Crippen molar-refractivity contribution >= 4 is 11.9 Å². The van der Waals surface area contributed by atoms with Crippen LogP contribution in [0.4, 0.5) is 0 Å². The topological polar surface area (TPSA) is 55.8 Å². The molecule has 0 amide bonds. The lowest BCUT2D eigenvalue weighted by atomic mass is 10.3. The molecule has 0 radical (unpaired) electrons. The normalized spacial score (nSPS) is 10.3. The van der Waals surface area contributed by atoms with Crippen molar-refractivity contribution in [3.8, 4) is 5.75 Å². The number of hydrogen-bond donors (Lipinski definition) is 0. The lowest BCUT2D eigenvalue weighted by Gasteiger charge is -2.09. The molecule has 0 atom stereocenters. The second kappa shape index (κ2) is 8.26. The highest BCUT2D eigenvalue weighted by Gasteiger charge is 2.09. The molecule has 0 aliphatic heterocycles. The van der Waals surface area contributed by atoms with Crippen molar-refractivity contribution in [1.82, 2.24) is 4.90 Å². The van der Waals surface area contributed by atoms with Crippen LogP contribution in [-0.4, -0.2) is 44.1 Å². The number of carbonyl (C=O) groups excluding carboxylic acids is 2. The first-order valence-corrected chi connectivity index (χ1v) is 6.14. The molecule has 0 fully saturated rings. The molecule has 19 heavy (non-hydrogen) atoms. The Balaban J connectivity index is 2.18. The average molecular weight is 265 g/mol. The van der Waals surface area contributed by atoms with Crippen LogP contribution in [0.5, 0.6) is 5.75 Å². The van der Waals surface area contributed by atoms with E-state index >= 15 is 0 Å². The van der Waals surface area contributed by atoms with Gasteiger partial charge < -0.3 is 14.4 Å². The number of esters is 2. The van der Waals surface area contributed by atoms with Gasteiger partial charge in [0.2, 0.25) is 0 Å². The van der Waals surface area contributed by atoms with E-state index < -0.39 is 5.97 Å². The zero-order chi connectivity index (χ0) is 14.1. The summed E-state index contributed by atoms with van der Waals surface area (Å²) in [4.78, 5) is 24.7. The van der Waals surface area contributed by atoms with Gasteiger partial charge in [-0.05, 0) is 26.2 Å². The smallest absolute Gasteiger partial charge is 0.311 e. The zero-order valence-corrected chi connectivity index (χ0v) is 11.3. The Morgan fingerprint density at radius 3 is 2.32 bits per heavy atom. The van der Waals surface area contributed by atoms with Crippen molar-refractivity contribution in [2.75, 3.05) is 27.2 Å². The van der Waals surface area contributed by atoms with E-state index in [2.05, 4.69) is 0 Å². The molecular weight excluding hydrogens is 246 g/mol. The fourth-order valence-electron chi connectivity index (χ4n) is 1.29. The van der Waals surface area contributed by atoms with Crippen LogP contribution in [0.2, 0.25) is 0 Å². The van der Waals surface area contributed by atoms with Gasteiger partial charge in [0.25, 0.3) is 0 Å². The summed E-state index contributed by atoms with van der Waals surface area (Å²) in [6, 6.07) is 8.76. The monoisotopic (exact) mass is 265 g/mol. The van der Waals surface area contributed by atoms with Crippen LogP contribution in [0.1, 0.15) is 12.8 Å². The van der Waals surface area contributed by atoms with Crippen LogP contribution in [0.15, 0.2) is 30.3 Å². The molecule has 0 spiro atoms. The molecule has 0 aromatic heterocycles. The Morgan fingerprint density at radius 2 is 1.68 bits per heavy atom. The van der Waals surface area contributed by atoms with E-state index in [0.717, 1.165) is 0 Å². The minimum atomic E-state index is -0.434. The molecule has 0 aliphatic carbocycles. The van der Waals surface area contributed by atoms with Gasteiger partial charge in [0.1, 0.15) is 12.4 Å². The van der Waals surface area contributed by atoms with E-state index in [1.807, 2.05) is 25.1 Å². The number of para-hydroxylation sites is 1. The SMILES string of the molecule is CN(C)CCOC(=O)CCC(=O)Oc1ccccc1. The molecule has 1 rings (SSSR count). The molecule has 0 aliphatic rings. The van der Waals surface area contributed by atoms with Gasteiger partial charge in [-0.25, -0.2) is 0 Å². The average Bonchev–Trinajstić information content (AvgIpc) is 2.37. The number of nitrogens with zero attached hydrogens (tertiary/aromatic N) is 1. The lowest BCUT2D eigenvalue weighted by Crippen LogP contribution is -2.20. The third-order valence-electron chi connectivity index (χ3n) is 2.31. The number of benzene rings is 1. The van der Waals surface area contributed by atoms with Crippen LogP contribution in [0.25, 0.3) is 0 Å². The maximum atomic E-state index is 11.5. The van der Waals surface area contributed by atoms with Crippen molar-refractivity contribution in [3.05, 3.63) is 30.3 Å². The minimum absolute atomic E-state index is 0.0235. The predicted molar refractivity (Wildman–Crippen MR) is 70.8 cm³/mol. The Labute approximate surface area is 113 Å². The Bertz CT molecular complexity index is 403. The van der Waals surface area contributed by atoms with Crippen LogP contribution in [0, 0.1) is 0 Å². The molecule has 0 saturated carbocycles. The number of hydrogen-bond acceptors (Lipinski definition) is 5. The first-order valence-electron chi connectivity index (χ1n) is 6.14. The van der Waals surface area contributed by atoms with Crippen LogP contribution in [0.3, 0.4) is 0 Å². The summed E-state index contributed by atoms with van der Waals surface area (Å²) in [5, 5.41) is 0. The summed E-state index contributed by atoms with van der Waals surface area (Å²) in [7, 11) is 3.79. The molecule has 104 valence electrons. The highest BCUT2D eigenvalue weighted by molar-refractivity contribution is 5.78. The van der Waals surface area contributed by atoms with E-state index in [4.69, 9.17) is 9.47 Å². The summed E-state index contributed by atoms with van der Waals surface area (Å²) < 4.78 is 10.0. The second-order valence-electron chi connectivity index (χ2n) is 4.31. The third kappa shape index (κ3) is 7.21. The minimum Gasteiger partial charge on any atom is -0.464 e. The quantitative estimate of drug-likeness (QED) is 0.552. The molecule has 0 N–H and O–H groups in total. The van der Waals surface area contributed by atoms with Gasteiger partial charge in [-0.3, -0.25) is 9.59 Å². The Kier molecular flexibility index (Phi) is 6.60. The summed E-state index contributed by atoms with van der Waals surface area (Å²) >= 11 is 0. The third-order valence-corrected chi connectivity index (χ3v) is 2.31. The summed E-state index contributed by atoms with van der Waals surface area (Å²) in [6.07, 6.45) is 0.0643. The van der Waals surface area contributed by atoms with Crippen molar-refractivity contribution in [1.29, 1.82) is 0 Å². The predicted octanol–water partition coefficient (Wildman–Crippen LogP) is 1.48. The van der Waals surface area contributed by atoms with Crippen LogP contribution in [-0.2, 0) is 14.3 Å². The van der Waals surface area contributed by atoms with Gasteiger partial charge in [-0.2, -0.15) is 0 Å². The number of carbonyl (C=O) groups is 2. The molecular formula is C14H19NO4. The van der Waals surface area contributed by atoms with Gasteiger partial charge in [0.05, 0.1) is 12.8 Å². The Hall–Kier alpha value is -1.88. The number of rotatable bonds is 7. The standard InChI is InChI=1S/C14H19NO4/c1-15(2)10-11-18-13(16)8-9-14(17)19-12-6-4-3-5-7-12/h3-7H,8-11H2,1-2H3. The first-order chi connectivity index (χ1) is 9.08. The van der Waals surface area contributed by atoms with Crippen LogP contribution < -0.4 is 4.74 Å². The van der Waals surface area contributed by atoms with Crippen LogP contribution >= 0.6 is 0 Å². The molecule has 0 saturated heterocycles. The summed E-state index contributed by atoms with van der Waals surface area (Å²) in [6.45, 7) is 1.000. The molecule has 0 unspecified atom stereocenters. The lowest BCUT2D eigenvalue weighted by molar-refractivity contribution is -0.147. The molecule has 5 heteroatoms. The van der Waals surface area contributed by atoms with Gasteiger partial charge >= 0.3 is 11.9 Å². The molecule has 0 heterocycles. The van der Waals surface area contributed by atoms with E-state index in [1.54, 1.807) is 24.3 Å². The van der Waals surface area contributed by atoms with E-state index in [-0.39, 0.29) is 18.8 Å².